The highest BCUT2D eigenvalue weighted by Crippen LogP contribution is 2.13. The number of pyridine rings is 2. The Hall–Kier alpha value is -2.05. The first-order chi connectivity index (χ1) is 10.7. The van der Waals surface area contributed by atoms with Crippen LogP contribution in [0.3, 0.4) is 0 Å². The predicted molar refractivity (Wildman–Crippen MR) is 99.9 cm³/mol. The Morgan fingerprint density at radius 1 is 1.04 bits per heavy atom. The number of nitrogen functional groups attached to an aromatic ring is 1. The van der Waals surface area contributed by atoms with E-state index in [-0.39, 0.29) is 30.7 Å². The molecule has 24 heavy (non-hydrogen) atoms. The molecule has 0 aromatic carbocycles. The second kappa shape index (κ2) is 9.30. The molecule has 3 heterocycles. The highest BCUT2D eigenvalue weighted by Gasteiger charge is 2.21. The lowest BCUT2D eigenvalue weighted by atomic mass is 10.2. The van der Waals surface area contributed by atoms with E-state index < -0.39 is 0 Å². The molecule has 2 aromatic heterocycles. The van der Waals surface area contributed by atoms with Crippen molar-refractivity contribution in [3.8, 4) is 0 Å². The molecule has 3 rings (SSSR count). The number of halogens is 2. The first kappa shape index (κ1) is 20.0. The van der Waals surface area contributed by atoms with E-state index in [9.17, 15) is 4.79 Å². The molecule has 1 aliphatic rings. The fraction of sp³-hybridized carbons (Fsp3) is 0.312. The largest absolute Gasteiger partial charge is 0.397 e. The van der Waals surface area contributed by atoms with Gasteiger partial charge in [0.05, 0.1) is 18.3 Å². The van der Waals surface area contributed by atoms with Crippen molar-refractivity contribution in [3.63, 3.8) is 0 Å². The quantitative estimate of drug-likeness (QED) is 0.892. The molecule has 2 N–H and O–H groups in total. The number of nitrogens with two attached hydrogens (primary N) is 1. The minimum atomic E-state index is 0. The molecule has 1 aliphatic heterocycles. The summed E-state index contributed by atoms with van der Waals surface area (Å²) in [6, 6.07) is 9.46. The number of rotatable bonds is 3. The van der Waals surface area contributed by atoms with Gasteiger partial charge in [-0.3, -0.25) is 9.78 Å². The smallest absolute Gasteiger partial charge is 0.228 e. The van der Waals surface area contributed by atoms with Crippen LogP contribution in [0.5, 0.6) is 0 Å². The van der Waals surface area contributed by atoms with Gasteiger partial charge in [-0.25, -0.2) is 4.98 Å². The lowest BCUT2D eigenvalue weighted by molar-refractivity contribution is -0.130. The first-order valence-electron chi connectivity index (χ1n) is 7.36. The Bertz CT molecular complexity index is 631. The molecular weight excluding hydrogens is 349 g/mol. The summed E-state index contributed by atoms with van der Waals surface area (Å²) in [6.07, 6.45) is 3.70. The minimum Gasteiger partial charge on any atom is -0.397 e. The van der Waals surface area contributed by atoms with Crippen LogP contribution in [0.4, 0.5) is 11.5 Å². The number of nitrogens with zero attached hydrogens (tertiary/aromatic N) is 4. The molecule has 0 aliphatic carbocycles. The van der Waals surface area contributed by atoms with Crippen LogP contribution in [0.1, 0.15) is 5.69 Å². The van der Waals surface area contributed by atoms with E-state index in [1.807, 2.05) is 23.1 Å². The van der Waals surface area contributed by atoms with Gasteiger partial charge in [-0.2, -0.15) is 0 Å². The van der Waals surface area contributed by atoms with Gasteiger partial charge in [-0.15, -0.1) is 24.8 Å². The van der Waals surface area contributed by atoms with Crippen LogP contribution >= 0.6 is 24.8 Å². The molecule has 1 fully saturated rings. The van der Waals surface area contributed by atoms with E-state index in [2.05, 4.69) is 14.9 Å². The molecule has 0 bridgehead atoms. The van der Waals surface area contributed by atoms with Gasteiger partial charge < -0.3 is 15.5 Å². The fourth-order valence-corrected chi connectivity index (χ4v) is 2.53. The van der Waals surface area contributed by atoms with E-state index in [0.717, 1.165) is 24.6 Å². The van der Waals surface area contributed by atoms with Crippen molar-refractivity contribution >= 4 is 42.2 Å². The van der Waals surface area contributed by atoms with E-state index in [1.165, 1.54) is 0 Å². The molecule has 0 unspecified atom stereocenters. The average Bonchev–Trinajstić information content (AvgIpc) is 2.58. The van der Waals surface area contributed by atoms with Gasteiger partial charge in [0.15, 0.2) is 0 Å². The summed E-state index contributed by atoms with van der Waals surface area (Å²) in [6.45, 7) is 3.03. The zero-order chi connectivity index (χ0) is 15.4. The van der Waals surface area contributed by atoms with E-state index in [1.54, 1.807) is 24.5 Å². The Morgan fingerprint density at radius 2 is 1.79 bits per heavy atom. The molecule has 0 saturated carbocycles. The van der Waals surface area contributed by atoms with Gasteiger partial charge >= 0.3 is 0 Å². The Labute approximate surface area is 153 Å². The van der Waals surface area contributed by atoms with Gasteiger partial charge in [0.2, 0.25) is 5.91 Å². The number of aromatic nitrogens is 2. The normalized spacial score (nSPS) is 13.7. The fourth-order valence-electron chi connectivity index (χ4n) is 2.53. The third-order valence-electron chi connectivity index (χ3n) is 3.79. The standard InChI is InChI=1S/C16H19N5O.2ClH/c17-13-4-5-14(19-12-13)11-16(22)21-9-7-20(8-10-21)15-3-1-2-6-18-15;;/h1-6,12H,7-11,17H2;2*1H. The maximum Gasteiger partial charge on any atom is 0.228 e. The lowest BCUT2D eigenvalue weighted by Gasteiger charge is -2.35. The topological polar surface area (TPSA) is 75.4 Å². The van der Waals surface area contributed by atoms with Gasteiger partial charge in [0.25, 0.3) is 0 Å². The molecule has 130 valence electrons. The first-order valence-corrected chi connectivity index (χ1v) is 7.36. The molecule has 0 radical (unpaired) electrons. The van der Waals surface area contributed by atoms with Gasteiger partial charge in [-0.05, 0) is 24.3 Å². The van der Waals surface area contributed by atoms with Crippen LogP contribution in [0.2, 0.25) is 0 Å². The molecule has 0 atom stereocenters. The predicted octanol–water partition coefficient (Wildman–Crippen LogP) is 1.79. The summed E-state index contributed by atoms with van der Waals surface area (Å²) in [5.41, 5.74) is 6.97. The van der Waals surface area contributed by atoms with Gasteiger partial charge in [-0.1, -0.05) is 6.07 Å². The van der Waals surface area contributed by atoms with Crippen LogP contribution in [0.25, 0.3) is 0 Å². The molecule has 1 saturated heterocycles. The van der Waals surface area contributed by atoms with Gasteiger partial charge in [0, 0.05) is 38.1 Å². The maximum absolute atomic E-state index is 12.3. The average molecular weight is 370 g/mol. The number of carbonyl (C=O) groups excluding carboxylic acids is 1. The Morgan fingerprint density at radius 3 is 2.38 bits per heavy atom. The molecule has 6 nitrogen and oxygen atoms in total. The SMILES string of the molecule is Cl.Cl.Nc1ccc(CC(=O)N2CCN(c3ccccn3)CC2)nc1. The highest BCUT2D eigenvalue weighted by molar-refractivity contribution is 5.85. The van der Waals surface area contributed by atoms with Crippen LogP contribution in [-0.4, -0.2) is 47.0 Å². The summed E-state index contributed by atoms with van der Waals surface area (Å²) in [5.74, 6) is 1.08. The maximum atomic E-state index is 12.3. The highest BCUT2D eigenvalue weighted by atomic mass is 35.5. The Balaban J connectivity index is 0.00000144. The van der Waals surface area contributed by atoms with Gasteiger partial charge in [0.1, 0.15) is 5.82 Å². The van der Waals surface area contributed by atoms with Crippen molar-refractivity contribution in [1.82, 2.24) is 14.9 Å². The molecule has 2 aromatic rings. The zero-order valence-corrected chi connectivity index (χ0v) is 14.8. The van der Waals surface area contributed by atoms with Crippen molar-refractivity contribution in [2.24, 2.45) is 0 Å². The number of anilines is 2. The number of hydrogen-bond donors (Lipinski definition) is 1. The monoisotopic (exact) mass is 369 g/mol. The van der Waals surface area contributed by atoms with E-state index in [4.69, 9.17) is 5.73 Å². The van der Waals surface area contributed by atoms with Crippen LogP contribution in [-0.2, 0) is 11.2 Å². The molecule has 8 heteroatoms. The number of piperazine rings is 1. The molecule has 1 amide bonds. The minimum absolute atomic E-state index is 0. The van der Waals surface area contributed by atoms with Crippen molar-refractivity contribution in [3.05, 3.63) is 48.4 Å². The Kier molecular flexibility index (Phi) is 7.74. The number of hydrogen-bond acceptors (Lipinski definition) is 5. The summed E-state index contributed by atoms with van der Waals surface area (Å²) < 4.78 is 0. The number of amides is 1. The van der Waals surface area contributed by atoms with Crippen molar-refractivity contribution in [2.75, 3.05) is 36.8 Å². The third kappa shape index (κ3) is 4.97. The summed E-state index contributed by atoms with van der Waals surface area (Å²) in [7, 11) is 0. The zero-order valence-electron chi connectivity index (χ0n) is 13.2. The third-order valence-corrected chi connectivity index (χ3v) is 3.79. The van der Waals surface area contributed by atoms with E-state index >= 15 is 0 Å². The van der Waals surface area contributed by atoms with Crippen LogP contribution in [0.15, 0.2) is 42.7 Å². The van der Waals surface area contributed by atoms with Crippen LogP contribution < -0.4 is 10.6 Å². The number of carbonyl (C=O) groups is 1. The van der Waals surface area contributed by atoms with Crippen molar-refractivity contribution in [2.45, 2.75) is 6.42 Å². The van der Waals surface area contributed by atoms with Crippen molar-refractivity contribution in [1.29, 1.82) is 0 Å². The summed E-state index contributed by atoms with van der Waals surface area (Å²) in [5, 5.41) is 0. The second-order valence-electron chi connectivity index (χ2n) is 5.32. The molecular formula is C16H21Cl2N5O. The van der Waals surface area contributed by atoms with Crippen molar-refractivity contribution < 1.29 is 4.79 Å². The second-order valence-corrected chi connectivity index (χ2v) is 5.32. The van der Waals surface area contributed by atoms with E-state index in [0.29, 0.717) is 25.2 Å². The van der Waals surface area contributed by atoms with Crippen LogP contribution in [0, 0.1) is 0 Å². The lowest BCUT2D eigenvalue weighted by Crippen LogP contribution is -2.49. The summed E-state index contributed by atoms with van der Waals surface area (Å²) >= 11 is 0. The summed E-state index contributed by atoms with van der Waals surface area (Å²) in [4.78, 5) is 24.9. The molecule has 0 spiro atoms.